The first-order valence-corrected chi connectivity index (χ1v) is 8.47. The largest absolute Gasteiger partial charge is 0.356 e. The lowest BCUT2D eigenvalue weighted by molar-refractivity contribution is -0.120. The molecule has 0 aliphatic carbocycles. The maximum absolute atomic E-state index is 13.5. The van der Waals surface area contributed by atoms with E-state index in [-0.39, 0.29) is 40.3 Å². The van der Waals surface area contributed by atoms with Crippen LogP contribution in [0.2, 0.25) is 5.02 Å². The molecule has 1 N–H and O–H groups in total. The van der Waals surface area contributed by atoms with Gasteiger partial charge in [-0.25, -0.2) is 12.8 Å². The summed E-state index contributed by atoms with van der Waals surface area (Å²) in [5, 5.41) is 2.85. The molecule has 1 saturated heterocycles. The van der Waals surface area contributed by atoms with Gasteiger partial charge < -0.3 is 5.32 Å². The van der Waals surface area contributed by atoms with Crippen molar-refractivity contribution < 1.29 is 17.6 Å². The molecule has 1 heterocycles. The van der Waals surface area contributed by atoms with Crippen LogP contribution in [0, 0.1) is 11.7 Å². The van der Waals surface area contributed by atoms with E-state index in [1.165, 1.54) is 18.2 Å². The van der Waals surface area contributed by atoms with Crippen molar-refractivity contribution in [3.8, 4) is 0 Å². The van der Waals surface area contributed by atoms with Crippen molar-refractivity contribution >= 4 is 27.3 Å². The zero-order chi connectivity index (χ0) is 14.8. The summed E-state index contributed by atoms with van der Waals surface area (Å²) in [5.74, 6) is -0.655. The van der Waals surface area contributed by atoms with Gasteiger partial charge in [-0.2, -0.15) is 0 Å². The Kier molecular flexibility index (Phi) is 4.65. The summed E-state index contributed by atoms with van der Waals surface area (Å²) in [5.41, 5.74) is 0.158. The number of halogens is 2. The monoisotopic (exact) mass is 319 g/mol. The van der Waals surface area contributed by atoms with Crippen molar-refractivity contribution in [2.75, 3.05) is 18.1 Å². The fraction of sp³-hybridized carbons (Fsp3) is 0.462. The molecule has 0 spiro atoms. The highest BCUT2D eigenvalue weighted by molar-refractivity contribution is 7.91. The number of amides is 1. The van der Waals surface area contributed by atoms with E-state index in [2.05, 4.69) is 5.32 Å². The van der Waals surface area contributed by atoms with Crippen molar-refractivity contribution in [3.63, 3.8) is 0 Å². The number of benzene rings is 1. The molecule has 1 amide bonds. The molecule has 0 aromatic heterocycles. The summed E-state index contributed by atoms with van der Waals surface area (Å²) in [6.07, 6.45) is 0.411. The smallest absolute Gasteiger partial charge is 0.224 e. The van der Waals surface area contributed by atoms with Crippen LogP contribution in [-0.4, -0.2) is 32.4 Å². The van der Waals surface area contributed by atoms with Gasteiger partial charge in [0.2, 0.25) is 5.91 Å². The van der Waals surface area contributed by atoms with Gasteiger partial charge in [-0.3, -0.25) is 4.79 Å². The number of hydrogen-bond acceptors (Lipinski definition) is 3. The molecule has 0 bridgehead atoms. The Hall–Kier alpha value is -1.14. The second-order valence-corrected chi connectivity index (χ2v) is 7.59. The van der Waals surface area contributed by atoms with Crippen LogP contribution in [-0.2, 0) is 21.1 Å². The maximum atomic E-state index is 13.5. The second-order valence-electron chi connectivity index (χ2n) is 4.95. The van der Waals surface area contributed by atoms with Crippen LogP contribution in [0.4, 0.5) is 4.39 Å². The van der Waals surface area contributed by atoms with Gasteiger partial charge in [-0.1, -0.05) is 17.7 Å². The summed E-state index contributed by atoms with van der Waals surface area (Å²) < 4.78 is 36.1. The Morgan fingerprint density at radius 2 is 2.20 bits per heavy atom. The number of carbonyl (C=O) groups is 1. The minimum Gasteiger partial charge on any atom is -0.356 e. The highest BCUT2D eigenvalue weighted by atomic mass is 35.5. The molecule has 1 aliphatic rings. The molecule has 0 unspecified atom stereocenters. The summed E-state index contributed by atoms with van der Waals surface area (Å²) >= 11 is 5.84. The van der Waals surface area contributed by atoms with E-state index in [1.807, 2.05) is 0 Å². The van der Waals surface area contributed by atoms with Crippen molar-refractivity contribution in [2.45, 2.75) is 12.8 Å². The highest BCUT2D eigenvalue weighted by Gasteiger charge is 2.28. The quantitative estimate of drug-likeness (QED) is 0.916. The number of hydrogen-bond donors (Lipinski definition) is 1. The van der Waals surface area contributed by atoms with Gasteiger partial charge in [-0.15, -0.1) is 0 Å². The van der Waals surface area contributed by atoms with Gasteiger partial charge >= 0.3 is 0 Å². The van der Waals surface area contributed by atoms with Crippen LogP contribution in [0.1, 0.15) is 12.0 Å². The van der Waals surface area contributed by atoms with Crippen molar-refractivity contribution in [2.24, 2.45) is 5.92 Å². The summed E-state index contributed by atoms with van der Waals surface area (Å²) in [6, 6.07) is 4.25. The third kappa shape index (κ3) is 3.93. The highest BCUT2D eigenvalue weighted by Crippen LogP contribution is 2.20. The minimum absolute atomic E-state index is 0.0555. The summed E-state index contributed by atoms with van der Waals surface area (Å²) in [6.45, 7) is 0.296. The predicted octanol–water partition coefficient (Wildman–Crippen LogP) is 1.57. The van der Waals surface area contributed by atoms with Crippen LogP contribution >= 0.6 is 11.6 Å². The molecule has 2 rings (SSSR count). The van der Waals surface area contributed by atoms with E-state index in [0.29, 0.717) is 13.0 Å². The number of nitrogens with one attached hydrogen (secondary N) is 1. The molecule has 1 fully saturated rings. The van der Waals surface area contributed by atoms with Gasteiger partial charge in [0.1, 0.15) is 5.82 Å². The lowest BCUT2D eigenvalue weighted by Gasteiger charge is -2.10. The zero-order valence-corrected chi connectivity index (χ0v) is 12.3. The standard InChI is InChI=1S/C13H15ClFNO3S/c14-11-2-1-3-12(15)10(11)6-13(17)16-7-9-4-5-20(18,19)8-9/h1-3,9H,4-8H2,(H,16,17)/t9-/m0/s1. The lowest BCUT2D eigenvalue weighted by atomic mass is 10.1. The van der Waals surface area contributed by atoms with E-state index < -0.39 is 15.7 Å². The predicted molar refractivity (Wildman–Crippen MR) is 74.9 cm³/mol. The molecule has 110 valence electrons. The summed E-state index contributed by atoms with van der Waals surface area (Å²) in [7, 11) is -2.95. The Balaban J connectivity index is 1.87. The van der Waals surface area contributed by atoms with Crippen molar-refractivity contribution in [3.05, 3.63) is 34.6 Å². The molecule has 1 atom stereocenters. The van der Waals surface area contributed by atoms with Gasteiger partial charge in [-0.05, 0) is 24.5 Å². The Labute approximate surface area is 122 Å². The first-order valence-electron chi connectivity index (χ1n) is 6.27. The van der Waals surface area contributed by atoms with Crippen LogP contribution in [0.3, 0.4) is 0 Å². The fourth-order valence-electron chi connectivity index (χ4n) is 2.22. The van der Waals surface area contributed by atoms with Crippen LogP contribution < -0.4 is 5.32 Å². The lowest BCUT2D eigenvalue weighted by Crippen LogP contribution is -2.31. The molecule has 1 aliphatic heterocycles. The number of carbonyl (C=O) groups excluding carboxylic acids is 1. The molecule has 0 saturated carbocycles. The Morgan fingerprint density at radius 3 is 2.80 bits per heavy atom. The first-order chi connectivity index (χ1) is 9.37. The normalized spacial score (nSPS) is 20.8. The van der Waals surface area contributed by atoms with Gasteiger partial charge in [0.25, 0.3) is 0 Å². The maximum Gasteiger partial charge on any atom is 0.224 e. The van der Waals surface area contributed by atoms with Crippen molar-refractivity contribution in [1.29, 1.82) is 0 Å². The van der Waals surface area contributed by atoms with Crippen LogP contribution in [0.15, 0.2) is 18.2 Å². The molecule has 0 radical (unpaired) electrons. The van der Waals surface area contributed by atoms with Crippen LogP contribution in [0.25, 0.3) is 0 Å². The molecule has 4 nitrogen and oxygen atoms in total. The average molecular weight is 320 g/mol. The minimum atomic E-state index is -2.95. The topological polar surface area (TPSA) is 63.2 Å². The first kappa shape index (κ1) is 15.3. The molecule has 1 aromatic rings. The van der Waals surface area contributed by atoms with E-state index in [1.54, 1.807) is 0 Å². The molecular weight excluding hydrogens is 305 g/mol. The Morgan fingerprint density at radius 1 is 1.45 bits per heavy atom. The molecule has 7 heteroatoms. The summed E-state index contributed by atoms with van der Waals surface area (Å²) in [4.78, 5) is 11.7. The zero-order valence-electron chi connectivity index (χ0n) is 10.7. The average Bonchev–Trinajstić information content (AvgIpc) is 2.71. The fourth-order valence-corrected chi connectivity index (χ4v) is 4.31. The number of rotatable bonds is 4. The van der Waals surface area contributed by atoms with Crippen molar-refractivity contribution in [1.82, 2.24) is 5.32 Å². The molecule has 20 heavy (non-hydrogen) atoms. The molecular formula is C13H15ClFNO3S. The second kappa shape index (κ2) is 6.10. The third-order valence-corrected chi connectivity index (χ3v) is 5.50. The third-order valence-electron chi connectivity index (χ3n) is 3.31. The van der Waals surface area contributed by atoms with E-state index >= 15 is 0 Å². The SMILES string of the molecule is O=C(Cc1c(F)cccc1Cl)NC[C@@H]1CCS(=O)(=O)C1. The van der Waals surface area contributed by atoms with E-state index in [4.69, 9.17) is 11.6 Å². The number of sulfone groups is 1. The van der Waals surface area contributed by atoms with Gasteiger partial charge in [0, 0.05) is 17.1 Å². The Bertz CT molecular complexity index is 598. The molecule has 1 aromatic carbocycles. The van der Waals surface area contributed by atoms with Crippen LogP contribution in [0.5, 0.6) is 0 Å². The van der Waals surface area contributed by atoms with Gasteiger partial charge in [0.05, 0.1) is 17.9 Å². The van der Waals surface area contributed by atoms with Gasteiger partial charge in [0.15, 0.2) is 9.84 Å². The van der Waals surface area contributed by atoms with E-state index in [0.717, 1.165) is 0 Å². The van der Waals surface area contributed by atoms with E-state index in [9.17, 15) is 17.6 Å².